The third kappa shape index (κ3) is 1.96. The summed E-state index contributed by atoms with van der Waals surface area (Å²) in [5, 5.41) is 3.45. The first kappa shape index (κ1) is 10.4. The van der Waals surface area contributed by atoms with Gasteiger partial charge < -0.3 is 10.1 Å². The zero-order valence-corrected chi connectivity index (χ0v) is 9.46. The zero-order valence-electron chi connectivity index (χ0n) is 9.46. The van der Waals surface area contributed by atoms with Gasteiger partial charge in [0.1, 0.15) is 0 Å². The standard InChI is InChI=1S/C12H23NO/c1-9-11(3-4-12(9)13-2)10-5-7-14-8-6-10/h9-13H,3-8H2,1-2H3. The van der Waals surface area contributed by atoms with E-state index >= 15 is 0 Å². The topological polar surface area (TPSA) is 21.3 Å². The first-order chi connectivity index (χ1) is 6.83. The van der Waals surface area contributed by atoms with Gasteiger partial charge in [0.25, 0.3) is 0 Å². The van der Waals surface area contributed by atoms with Gasteiger partial charge in [0.15, 0.2) is 0 Å². The second-order valence-corrected chi connectivity index (χ2v) is 4.95. The van der Waals surface area contributed by atoms with Crippen molar-refractivity contribution in [1.82, 2.24) is 5.32 Å². The molecule has 0 aromatic rings. The van der Waals surface area contributed by atoms with Crippen LogP contribution < -0.4 is 5.32 Å². The van der Waals surface area contributed by atoms with Crippen LogP contribution in [0.4, 0.5) is 0 Å². The molecule has 2 nitrogen and oxygen atoms in total. The Balaban J connectivity index is 1.91. The Kier molecular flexibility index (Phi) is 3.45. The molecule has 0 aromatic carbocycles. The van der Waals surface area contributed by atoms with E-state index in [9.17, 15) is 0 Å². The first-order valence-corrected chi connectivity index (χ1v) is 6.08. The lowest BCUT2D eigenvalue weighted by molar-refractivity contribution is 0.0394. The Hall–Kier alpha value is -0.0800. The predicted octanol–water partition coefficient (Wildman–Crippen LogP) is 2.05. The molecule has 2 heteroatoms. The van der Waals surface area contributed by atoms with E-state index in [0.29, 0.717) is 0 Å². The fourth-order valence-electron chi connectivity index (χ4n) is 3.41. The van der Waals surface area contributed by atoms with Gasteiger partial charge in [-0.1, -0.05) is 6.92 Å². The van der Waals surface area contributed by atoms with Crippen molar-refractivity contribution in [2.45, 2.75) is 38.6 Å². The van der Waals surface area contributed by atoms with E-state index in [1.807, 2.05) is 0 Å². The van der Waals surface area contributed by atoms with Gasteiger partial charge in [0.05, 0.1) is 0 Å². The Bertz CT molecular complexity index is 177. The van der Waals surface area contributed by atoms with Gasteiger partial charge in [-0.25, -0.2) is 0 Å². The summed E-state index contributed by atoms with van der Waals surface area (Å²) in [7, 11) is 2.10. The van der Waals surface area contributed by atoms with Crippen LogP contribution in [-0.2, 0) is 4.74 Å². The quantitative estimate of drug-likeness (QED) is 0.731. The van der Waals surface area contributed by atoms with Crippen LogP contribution in [0.15, 0.2) is 0 Å². The Morgan fingerprint density at radius 2 is 1.79 bits per heavy atom. The molecule has 2 fully saturated rings. The number of hydrogen-bond donors (Lipinski definition) is 1. The van der Waals surface area contributed by atoms with Gasteiger partial charge in [-0.15, -0.1) is 0 Å². The van der Waals surface area contributed by atoms with Crippen molar-refractivity contribution in [2.75, 3.05) is 20.3 Å². The monoisotopic (exact) mass is 197 g/mol. The third-order valence-electron chi connectivity index (χ3n) is 4.36. The van der Waals surface area contributed by atoms with Crippen molar-refractivity contribution < 1.29 is 4.74 Å². The molecule has 1 saturated carbocycles. The number of nitrogens with one attached hydrogen (secondary N) is 1. The van der Waals surface area contributed by atoms with Gasteiger partial charge in [0.2, 0.25) is 0 Å². The predicted molar refractivity (Wildman–Crippen MR) is 58.3 cm³/mol. The molecule has 14 heavy (non-hydrogen) atoms. The van der Waals surface area contributed by atoms with E-state index in [1.54, 1.807) is 0 Å². The summed E-state index contributed by atoms with van der Waals surface area (Å²) in [6.07, 6.45) is 5.40. The molecule has 1 N–H and O–H groups in total. The summed E-state index contributed by atoms with van der Waals surface area (Å²) in [6.45, 7) is 4.42. The van der Waals surface area contributed by atoms with E-state index in [2.05, 4.69) is 19.3 Å². The third-order valence-corrected chi connectivity index (χ3v) is 4.36. The van der Waals surface area contributed by atoms with E-state index < -0.39 is 0 Å². The lowest BCUT2D eigenvalue weighted by Crippen LogP contribution is -2.33. The molecule has 1 saturated heterocycles. The minimum atomic E-state index is 0.767. The Morgan fingerprint density at radius 1 is 1.07 bits per heavy atom. The van der Waals surface area contributed by atoms with Crippen molar-refractivity contribution in [1.29, 1.82) is 0 Å². The number of ether oxygens (including phenoxy) is 1. The van der Waals surface area contributed by atoms with Crippen LogP contribution in [0.2, 0.25) is 0 Å². The minimum Gasteiger partial charge on any atom is -0.381 e. The Morgan fingerprint density at radius 3 is 2.36 bits per heavy atom. The van der Waals surface area contributed by atoms with Crippen LogP contribution in [0.25, 0.3) is 0 Å². The molecule has 1 aliphatic heterocycles. The summed E-state index contributed by atoms with van der Waals surface area (Å²) >= 11 is 0. The summed E-state index contributed by atoms with van der Waals surface area (Å²) < 4.78 is 5.43. The van der Waals surface area contributed by atoms with Crippen LogP contribution in [-0.4, -0.2) is 26.3 Å². The lowest BCUT2D eigenvalue weighted by atomic mass is 9.79. The molecular formula is C12H23NO. The van der Waals surface area contributed by atoms with Crippen molar-refractivity contribution in [2.24, 2.45) is 17.8 Å². The molecule has 0 spiro atoms. The molecule has 3 atom stereocenters. The van der Waals surface area contributed by atoms with Crippen LogP contribution in [0, 0.1) is 17.8 Å². The number of hydrogen-bond acceptors (Lipinski definition) is 2. The van der Waals surface area contributed by atoms with Crippen LogP contribution in [0.3, 0.4) is 0 Å². The van der Waals surface area contributed by atoms with Crippen molar-refractivity contribution >= 4 is 0 Å². The second kappa shape index (κ2) is 4.63. The van der Waals surface area contributed by atoms with Crippen LogP contribution in [0.1, 0.15) is 32.6 Å². The average Bonchev–Trinajstić information content (AvgIpc) is 2.61. The molecular weight excluding hydrogens is 174 g/mol. The maximum Gasteiger partial charge on any atom is 0.0468 e. The lowest BCUT2D eigenvalue weighted by Gasteiger charge is -2.31. The second-order valence-electron chi connectivity index (χ2n) is 4.95. The summed E-state index contributed by atoms with van der Waals surface area (Å²) in [6, 6.07) is 0.767. The van der Waals surface area contributed by atoms with E-state index in [1.165, 1.54) is 25.7 Å². The highest BCUT2D eigenvalue weighted by Gasteiger charge is 2.36. The number of rotatable bonds is 2. The maximum atomic E-state index is 5.43. The normalized spacial score (nSPS) is 40.3. The molecule has 2 rings (SSSR count). The molecule has 82 valence electrons. The molecule has 3 unspecified atom stereocenters. The van der Waals surface area contributed by atoms with Crippen molar-refractivity contribution in [3.8, 4) is 0 Å². The summed E-state index contributed by atoms with van der Waals surface area (Å²) in [5.41, 5.74) is 0. The van der Waals surface area contributed by atoms with Gasteiger partial charge in [-0.3, -0.25) is 0 Å². The maximum absolute atomic E-state index is 5.43. The molecule has 0 amide bonds. The fourth-order valence-corrected chi connectivity index (χ4v) is 3.41. The fraction of sp³-hybridized carbons (Fsp3) is 1.00. The molecule has 2 aliphatic rings. The zero-order chi connectivity index (χ0) is 9.97. The molecule has 0 aromatic heterocycles. The SMILES string of the molecule is CNC1CCC(C2CCOCC2)C1C. The highest BCUT2D eigenvalue weighted by Crippen LogP contribution is 2.40. The van der Waals surface area contributed by atoms with Crippen LogP contribution in [0.5, 0.6) is 0 Å². The van der Waals surface area contributed by atoms with Gasteiger partial charge in [0, 0.05) is 19.3 Å². The minimum absolute atomic E-state index is 0.767. The molecule has 0 radical (unpaired) electrons. The van der Waals surface area contributed by atoms with Gasteiger partial charge in [-0.2, -0.15) is 0 Å². The summed E-state index contributed by atoms with van der Waals surface area (Å²) in [4.78, 5) is 0. The molecule has 1 heterocycles. The van der Waals surface area contributed by atoms with Gasteiger partial charge >= 0.3 is 0 Å². The van der Waals surface area contributed by atoms with Gasteiger partial charge in [-0.05, 0) is 50.5 Å². The van der Waals surface area contributed by atoms with Crippen molar-refractivity contribution in [3.05, 3.63) is 0 Å². The average molecular weight is 197 g/mol. The van der Waals surface area contributed by atoms with E-state index in [4.69, 9.17) is 4.74 Å². The largest absolute Gasteiger partial charge is 0.381 e. The summed E-state index contributed by atoms with van der Waals surface area (Å²) in [5.74, 6) is 2.76. The van der Waals surface area contributed by atoms with Crippen LogP contribution >= 0.6 is 0 Å². The molecule has 0 bridgehead atoms. The highest BCUT2D eigenvalue weighted by atomic mass is 16.5. The first-order valence-electron chi connectivity index (χ1n) is 6.08. The smallest absolute Gasteiger partial charge is 0.0468 e. The van der Waals surface area contributed by atoms with E-state index in [0.717, 1.165) is 37.0 Å². The Labute approximate surface area is 87.4 Å². The molecule has 1 aliphatic carbocycles. The highest BCUT2D eigenvalue weighted by molar-refractivity contribution is 4.90. The van der Waals surface area contributed by atoms with Crippen molar-refractivity contribution in [3.63, 3.8) is 0 Å². The van der Waals surface area contributed by atoms with E-state index in [-0.39, 0.29) is 0 Å².